The minimum absolute atomic E-state index is 0.575. The molecule has 9 nitrogen and oxygen atoms in total. The van der Waals surface area contributed by atoms with E-state index in [9.17, 15) is 0 Å². The highest BCUT2D eigenvalue weighted by molar-refractivity contribution is 6.12. The first-order valence-electron chi connectivity index (χ1n) is 24.6. The van der Waals surface area contributed by atoms with E-state index in [1.807, 2.05) is 134 Å². The molecular weight excluding hydrogens is 907 g/mol. The summed E-state index contributed by atoms with van der Waals surface area (Å²) >= 11 is 0. The second-order valence-electron chi connectivity index (χ2n) is 18.2. The Labute approximate surface area is 425 Å². The van der Waals surface area contributed by atoms with Gasteiger partial charge in [-0.3, -0.25) is 4.57 Å². The van der Waals surface area contributed by atoms with Gasteiger partial charge in [-0.05, 0) is 71.8 Å². The van der Waals surface area contributed by atoms with E-state index in [4.69, 9.17) is 34.9 Å². The van der Waals surface area contributed by atoms with Crippen LogP contribution in [0, 0.1) is 0 Å². The smallest absolute Gasteiger partial charge is 0.164 e. The average molecular weight is 948 g/mol. The fourth-order valence-electron chi connectivity index (χ4n) is 10.2. The van der Waals surface area contributed by atoms with Crippen LogP contribution in [0.3, 0.4) is 0 Å². The third-order valence-corrected chi connectivity index (χ3v) is 13.7. The quantitative estimate of drug-likeness (QED) is 0.142. The molecule has 0 unspecified atom stereocenters. The monoisotopic (exact) mass is 947 g/mol. The maximum absolute atomic E-state index is 5.05. The van der Waals surface area contributed by atoms with Gasteiger partial charge in [0.15, 0.2) is 34.9 Å². The highest BCUT2D eigenvalue weighted by Gasteiger charge is 2.20. The molecule has 0 fully saturated rings. The molecule has 9 heteroatoms. The number of nitrogens with zero attached hydrogens (tertiary/aromatic N) is 9. The lowest BCUT2D eigenvalue weighted by Gasteiger charge is -2.12. The summed E-state index contributed by atoms with van der Waals surface area (Å²) in [5.41, 5.74) is 13.0. The Balaban J connectivity index is 0.856. The maximum Gasteiger partial charge on any atom is 0.164 e. The van der Waals surface area contributed by atoms with Gasteiger partial charge < -0.3 is 4.57 Å². The average Bonchev–Trinajstić information content (AvgIpc) is 4.02. The van der Waals surface area contributed by atoms with Gasteiger partial charge in [0.1, 0.15) is 5.82 Å². The van der Waals surface area contributed by atoms with Gasteiger partial charge in [0, 0.05) is 66.8 Å². The topological polar surface area (TPSA) is 100 Å². The molecule has 9 aromatic carbocycles. The van der Waals surface area contributed by atoms with Gasteiger partial charge in [-0.2, -0.15) is 0 Å². The van der Waals surface area contributed by atoms with Crippen LogP contribution in [0.2, 0.25) is 0 Å². The van der Waals surface area contributed by atoms with Crippen LogP contribution >= 0.6 is 0 Å². The second-order valence-corrected chi connectivity index (χ2v) is 18.2. The minimum atomic E-state index is 0.575. The fraction of sp³-hybridized carbons (Fsp3) is 0. The Morgan fingerprint density at radius 3 is 1.07 bits per heavy atom. The summed E-state index contributed by atoms with van der Waals surface area (Å²) in [6.45, 7) is 0. The zero-order valence-electron chi connectivity index (χ0n) is 39.7. The van der Waals surface area contributed by atoms with Gasteiger partial charge in [-0.15, -0.1) is 0 Å². The number of fused-ring (bicyclic) bond motifs is 6. The summed E-state index contributed by atoms with van der Waals surface area (Å²) in [5.74, 6) is 4.44. The SMILES string of the molecule is c1ccc(-c2nc(-c3ccccc3)nc(-c3cccc(-n4c5ccccc5c5cc(-c6ccc7c(c6)c6ccccc6n7-c6cc(-c7nc(-c8ccccc8)nc(-c8ccccc8)n7)ccn6)ccc54)c3)n2)cc1. The van der Waals surface area contributed by atoms with E-state index in [0.29, 0.717) is 34.9 Å². The predicted molar refractivity (Wildman–Crippen MR) is 298 cm³/mol. The van der Waals surface area contributed by atoms with Crippen molar-refractivity contribution in [3.63, 3.8) is 0 Å². The molecule has 0 aliphatic rings. The predicted octanol–water partition coefficient (Wildman–Crippen LogP) is 15.3. The zero-order chi connectivity index (χ0) is 49.0. The maximum atomic E-state index is 5.05. The van der Waals surface area contributed by atoms with Crippen LogP contribution in [0.15, 0.2) is 249 Å². The first-order chi connectivity index (χ1) is 36.7. The molecule has 0 saturated heterocycles. The number of benzene rings is 9. The van der Waals surface area contributed by atoms with Gasteiger partial charge in [-0.25, -0.2) is 34.9 Å². The number of hydrogen-bond donors (Lipinski definition) is 0. The number of hydrogen-bond acceptors (Lipinski definition) is 7. The molecule has 5 heterocycles. The number of para-hydroxylation sites is 2. The van der Waals surface area contributed by atoms with Crippen molar-refractivity contribution in [3.8, 4) is 91.0 Å². The number of pyridine rings is 1. The van der Waals surface area contributed by atoms with E-state index in [0.717, 1.165) is 94.2 Å². The Kier molecular flexibility index (Phi) is 10.3. The summed E-state index contributed by atoms with van der Waals surface area (Å²) in [5, 5.41) is 4.60. The van der Waals surface area contributed by atoms with E-state index in [2.05, 4.69) is 124 Å². The summed E-state index contributed by atoms with van der Waals surface area (Å²) in [6.07, 6.45) is 1.84. The van der Waals surface area contributed by atoms with E-state index >= 15 is 0 Å². The van der Waals surface area contributed by atoms with Crippen molar-refractivity contribution in [1.82, 2.24) is 44.0 Å². The van der Waals surface area contributed by atoms with Crippen LogP contribution in [0.25, 0.3) is 135 Å². The molecule has 0 radical (unpaired) electrons. The van der Waals surface area contributed by atoms with Crippen LogP contribution in [0.5, 0.6) is 0 Å². The van der Waals surface area contributed by atoms with Crippen molar-refractivity contribution >= 4 is 43.6 Å². The molecule has 74 heavy (non-hydrogen) atoms. The Morgan fingerprint density at radius 2 is 0.595 bits per heavy atom. The molecule has 0 N–H and O–H groups in total. The van der Waals surface area contributed by atoms with Crippen LogP contribution in [-0.4, -0.2) is 44.0 Å². The molecule has 0 saturated carbocycles. The lowest BCUT2D eigenvalue weighted by atomic mass is 10.0. The third-order valence-electron chi connectivity index (χ3n) is 13.7. The highest BCUT2D eigenvalue weighted by atomic mass is 15.1. The summed E-state index contributed by atoms with van der Waals surface area (Å²) < 4.78 is 4.58. The van der Waals surface area contributed by atoms with E-state index in [1.165, 1.54) is 5.39 Å². The van der Waals surface area contributed by atoms with E-state index < -0.39 is 0 Å². The van der Waals surface area contributed by atoms with Crippen molar-refractivity contribution in [2.24, 2.45) is 0 Å². The third kappa shape index (κ3) is 7.55. The van der Waals surface area contributed by atoms with Crippen molar-refractivity contribution in [1.29, 1.82) is 0 Å². The molecule has 0 aliphatic carbocycles. The molecule has 14 rings (SSSR count). The molecule has 0 atom stereocenters. The molecule has 346 valence electrons. The first-order valence-corrected chi connectivity index (χ1v) is 24.6. The first kappa shape index (κ1) is 42.6. The highest BCUT2D eigenvalue weighted by Crippen LogP contribution is 2.39. The summed E-state index contributed by atoms with van der Waals surface area (Å²) in [4.78, 5) is 35.0. The standard InChI is InChI=1S/C65H41N9/c1-5-18-42(19-6-1)60-67-61(43-20-7-2-8-21-43)70-64(69-60)48-26-17-27-50(38-48)73-55-30-15-13-28-51(55)53-39-46(32-34-57(53)73)47-33-35-58-54(40-47)52-29-14-16-31-56(52)74(58)59-41-49(36-37-66-59)65-71-62(44-22-9-3-10-23-44)68-63(72-65)45-24-11-4-12-25-45/h1-41H. The van der Waals surface area contributed by atoms with Crippen LogP contribution in [-0.2, 0) is 0 Å². The molecule has 14 aromatic rings. The molecular formula is C65H41N9. The normalized spacial score (nSPS) is 11.5. The van der Waals surface area contributed by atoms with Gasteiger partial charge in [-0.1, -0.05) is 182 Å². The van der Waals surface area contributed by atoms with Crippen LogP contribution in [0.4, 0.5) is 0 Å². The van der Waals surface area contributed by atoms with Crippen molar-refractivity contribution in [2.75, 3.05) is 0 Å². The van der Waals surface area contributed by atoms with Crippen LogP contribution in [0.1, 0.15) is 0 Å². The molecule has 0 bridgehead atoms. The Hall–Kier alpha value is -10.3. The van der Waals surface area contributed by atoms with Gasteiger partial charge >= 0.3 is 0 Å². The van der Waals surface area contributed by atoms with Crippen molar-refractivity contribution in [2.45, 2.75) is 0 Å². The Bertz CT molecular complexity index is 4020. The summed E-state index contributed by atoms with van der Waals surface area (Å²) in [7, 11) is 0. The number of aromatic nitrogens is 9. The van der Waals surface area contributed by atoms with Gasteiger partial charge in [0.25, 0.3) is 0 Å². The second kappa shape index (κ2) is 17.9. The van der Waals surface area contributed by atoms with Gasteiger partial charge in [0.05, 0.1) is 22.1 Å². The molecule has 5 aromatic heterocycles. The molecule has 0 spiro atoms. The Morgan fingerprint density at radius 1 is 0.230 bits per heavy atom. The van der Waals surface area contributed by atoms with Crippen molar-refractivity contribution < 1.29 is 0 Å². The van der Waals surface area contributed by atoms with Crippen LogP contribution < -0.4 is 0 Å². The lowest BCUT2D eigenvalue weighted by molar-refractivity contribution is 1.05. The van der Waals surface area contributed by atoms with Gasteiger partial charge in [0.2, 0.25) is 0 Å². The fourth-order valence-corrected chi connectivity index (χ4v) is 10.2. The largest absolute Gasteiger partial charge is 0.309 e. The minimum Gasteiger partial charge on any atom is -0.309 e. The summed E-state index contributed by atoms with van der Waals surface area (Å²) in [6, 6.07) is 83.6. The number of rotatable bonds is 9. The van der Waals surface area contributed by atoms with E-state index in [-0.39, 0.29) is 0 Å². The lowest BCUT2D eigenvalue weighted by Crippen LogP contribution is -2.02. The molecule has 0 amide bonds. The van der Waals surface area contributed by atoms with Crippen molar-refractivity contribution in [3.05, 3.63) is 249 Å². The molecule has 0 aliphatic heterocycles. The zero-order valence-corrected chi connectivity index (χ0v) is 39.7. The van der Waals surface area contributed by atoms with E-state index in [1.54, 1.807) is 0 Å².